The number of benzene rings is 1. The molecule has 1 aromatic carbocycles. The molecule has 2 aliphatic carbocycles. The summed E-state index contributed by atoms with van der Waals surface area (Å²) < 4.78 is 12.0. The Balaban J connectivity index is 1.65. The maximum absolute atomic E-state index is 12.8. The molecule has 1 aromatic rings. The molecule has 25 heavy (non-hydrogen) atoms. The van der Waals surface area contributed by atoms with Crippen LogP contribution in [-0.2, 0) is 9.53 Å². The summed E-state index contributed by atoms with van der Waals surface area (Å²) in [6.07, 6.45) is 8.22. The molecule has 0 aliphatic heterocycles. The lowest BCUT2D eigenvalue weighted by Crippen LogP contribution is -2.45. The van der Waals surface area contributed by atoms with Gasteiger partial charge in [0, 0.05) is 12.3 Å². The second kappa shape index (κ2) is 7.77. The van der Waals surface area contributed by atoms with Crippen LogP contribution < -0.4 is 10.1 Å². The summed E-state index contributed by atoms with van der Waals surface area (Å²) >= 11 is 0. The molecule has 0 aromatic heterocycles. The Morgan fingerprint density at radius 3 is 2.56 bits per heavy atom. The fourth-order valence-corrected chi connectivity index (χ4v) is 3.62. The summed E-state index contributed by atoms with van der Waals surface area (Å²) in [5, 5.41) is 3.05. The predicted octanol–water partition coefficient (Wildman–Crippen LogP) is 4.85. The highest BCUT2D eigenvalue weighted by Gasteiger charge is 2.48. The van der Waals surface area contributed by atoms with E-state index in [1.165, 1.54) is 12.8 Å². The van der Waals surface area contributed by atoms with E-state index in [9.17, 15) is 4.79 Å². The van der Waals surface area contributed by atoms with E-state index in [2.05, 4.69) is 12.2 Å². The third kappa shape index (κ3) is 4.35. The van der Waals surface area contributed by atoms with Gasteiger partial charge in [-0.25, -0.2) is 0 Å². The Hall–Kier alpha value is -1.55. The minimum Gasteiger partial charge on any atom is -0.490 e. The number of anilines is 1. The second-order valence-electron chi connectivity index (χ2n) is 7.69. The Morgan fingerprint density at radius 1 is 1.24 bits per heavy atom. The van der Waals surface area contributed by atoms with E-state index in [0.29, 0.717) is 18.6 Å². The molecule has 0 radical (unpaired) electrons. The van der Waals surface area contributed by atoms with E-state index in [4.69, 9.17) is 9.47 Å². The van der Waals surface area contributed by atoms with Crippen LogP contribution in [0, 0.1) is 12.8 Å². The quantitative estimate of drug-likeness (QED) is 0.732. The van der Waals surface area contributed by atoms with Gasteiger partial charge in [0.2, 0.25) is 0 Å². The maximum Gasteiger partial charge on any atom is 0.256 e. The summed E-state index contributed by atoms with van der Waals surface area (Å²) in [5.41, 5.74) is 1.16. The predicted molar refractivity (Wildman–Crippen MR) is 100 cm³/mol. The molecule has 4 heteroatoms. The van der Waals surface area contributed by atoms with Crippen LogP contribution in [0.3, 0.4) is 0 Å². The highest BCUT2D eigenvalue weighted by molar-refractivity contribution is 5.97. The molecule has 4 nitrogen and oxygen atoms in total. The van der Waals surface area contributed by atoms with Gasteiger partial charge < -0.3 is 14.8 Å². The number of amides is 1. The number of hydrogen-bond donors (Lipinski definition) is 1. The van der Waals surface area contributed by atoms with E-state index in [0.717, 1.165) is 49.1 Å². The van der Waals surface area contributed by atoms with Crippen LogP contribution >= 0.6 is 0 Å². The van der Waals surface area contributed by atoms with Crippen LogP contribution in [0.25, 0.3) is 0 Å². The average molecular weight is 345 g/mol. The molecule has 0 unspecified atom stereocenters. The molecule has 2 fully saturated rings. The van der Waals surface area contributed by atoms with Crippen molar-refractivity contribution in [3.63, 3.8) is 0 Å². The van der Waals surface area contributed by atoms with Crippen molar-refractivity contribution in [1.82, 2.24) is 0 Å². The number of hydrogen-bond acceptors (Lipinski definition) is 3. The van der Waals surface area contributed by atoms with Gasteiger partial charge in [0.25, 0.3) is 5.91 Å². The number of rotatable bonds is 8. The monoisotopic (exact) mass is 345 g/mol. The van der Waals surface area contributed by atoms with Crippen LogP contribution in [-0.4, -0.2) is 24.2 Å². The highest BCUT2D eigenvalue weighted by atomic mass is 16.5. The Morgan fingerprint density at radius 2 is 1.96 bits per heavy atom. The van der Waals surface area contributed by atoms with Crippen molar-refractivity contribution in [2.24, 2.45) is 5.92 Å². The molecular weight excluding hydrogens is 314 g/mol. The molecule has 2 aliphatic rings. The number of carbonyl (C=O) groups excluding carboxylic acids is 1. The van der Waals surface area contributed by atoms with Crippen molar-refractivity contribution >= 4 is 11.6 Å². The first-order valence-corrected chi connectivity index (χ1v) is 9.75. The summed E-state index contributed by atoms with van der Waals surface area (Å²) in [7, 11) is 0. The first-order valence-electron chi connectivity index (χ1n) is 9.75. The van der Waals surface area contributed by atoms with E-state index in [1.807, 2.05) is 32.0 Å². The van der Waals surface area contributed by atoms with Crippen molar-refractivity contribution < 1.29 is 14.3 Å². The number of carbonyl (C=O) groups is 1. The number of aryl methyl sites for hydroxylation is 1. The minimum atomic E-state index is -0.719. The van der Waals surface area contributed by atoms with Gasteiger partial charge in [-0.05, 0) is 88.5 Å². The molecule has 1 amide bonds. The summed E-state index contributed by atoms with van der Waals surface area (Å²) in [5.74, 6) is 1.23. The van der Waals surface area contributed by atoms with Crippen LogP contribution in [0.4, 0.5) is 5.69 Å². The van der Waals surface area contributed by atoms with Crippen LogP contribution in [0.15, 0.2) is 18.2 Å². The standard InChI is InChI=1S/C21H31NO3/c1-4-13-24-21(3,16-9-10-16)20(23)22-17-11-12-19(15(2)14-17)25-18-7-5-6-8-18/h11-12,14,16,18H,4-10,13H2,1-3H3,(H,22,23)/t21-/m1/s1. The van der Waals surface area contributed by atoms with E-state index in [-0.39, 0.29) is 5.91 Å². The zero-order valence-corrected chi connectivity index (χ0v) is 15.8. The van der Waals surface area contributed by atoms with Gasteiger partial charge in [0.15, 0.2) is 0 Å². The molecule has 0 bridgehead atoms. The van der Waals surface area contributed by atoms with Crippen LogP contribution in [0.5, 0.6) is 5.75 Å². The lowest BCUT2D eigenvalue weighted by Gasteiger charge is -2.28. The molecular formula is C21H31NO3. The SMILES string of the molecule is CCCO[C@@](C)(C(=O)Nc1ccc(OC2CCCC2)c(C)c1)C1CC1. The molecule has 138 valence electrons. The number of nitrogens with one attached hydrogen (secondary N) is 1. The molecule has 3 rings (SSSR count). The van der Waals surface area contributed by atoms with Crippen molar-refractivity contribution in [1.29, 1.82) is 0 Å². The van der Waals surface area contributed by atoms with Gasteiger partial charge in [-0.1, -0.05) is 6.92 Å². The average Bonchev–Trinajstić information content (AvgIpc) is 3.33. The molecule has 0 heterocycles. The molecule has 0 spiro atoms. The fourth-order valence-electron chi connectivity index (χ4n) is 3.62. The van der Waals surface area contributed by atoms with Crippen LogP contribution in [0.2, 0.25) is 0 Å². The zero-order chi connectivity index (χ0) is 17.9. The van der Waals surface area contributed by atoms with E-state index >= 15 is 0 Å². The van der Waals surface area contributed by atoms with Crippen molar-refractivity contribution in [3.05, 3.63) is 23.8 Å². The van der Waals surface area contributed by atoms with Gasteiger partial charge in [-0.2, -0.15) is 0 Å². The summed E-state index contributed by atoms with van der Waals surface area (Å²) in [6.45, 7) is 6.65. The zero-order valence-electron chi connectivity index (χ0n) is 15.8. The largest absolute Gasteiger partial charge is 0.490 e. The highest BCUT2D eigenvalue weighted by Crippen LogP contribution is 2.42. The summed E-state index contributed by atoms with van der Waals surface area (Å²) in [6, 6.07) is 5.91. The molecule has 2 saturated carbocycles. The van der Waals surface area contributed by atoms with Gasteiger partial charge in [0.1, 0.15) is 11.4 Å². The third-order valence-corrected chi connectivity index (χ3v) is 5.44. The lowest BCUT2D eigenvalue weighted by atomic mass is 9.98. The Bertz CT molecular complexity index is 605. The normalized spacial score (nSPS) is 20.3. The van der Waals surface area contributed by atoms with Crippen molar-refractivity contribution in [3.8, 4) is 5.75 Å². The van der Waals surface area contributed by atoms with Crippen molar-refractivity contribution in [2.75, 3.05) is 11.9 Å². The molecule has 1 N–H and O–H groups in total. The first kappa shape index (κ1) is 18.2. The smallest absolute Gasteiger partial charge is 0.256 e. The van der Waals surface area contributed by atoms with Crippen molar-refractivity contribution in [2.45, 2.75) is 77.4 Å². The number of ether oxygens (including phenoxy) is 2. The maximum atomic E-state index is 12.8. The summed E-state index contributed by atoms with van der Waals surface area (Å²) in [4.78, 5) is 12.8. The lowest BCUT2D eigenvalue weighted by molar-refractivity contribution is -0.142. The van der Waals surface area contributed by atoms with Gasteiger partial charge in [0.05, 0.1) is 6.10 Å². The second-order valence-corrected chi connectivity index (χ2v) is 7.69. The topological polar surface area (TPSA) is 47.6 Å². The molecule has 1 atom stereocenters. The van der Waals surface area contributed by atoms with E-state index < -0.39 is 5.60 Å². The van der Waals surface area contributed by atoms with Gasteiger partial charge in [-0.3, -0.25) is 4.79 Å². The van der Waals surface area contributed by atoms with E-state index in [1.54, 1.807) is 0 Å². The van der Waals surface area contributed by atoms with Crippen LogP contribution in [0.1, 0.15) is 64.4 Å². The Labute approximate surface area is 151 Å². The first-order chi connectivity index (χ1) is 12.0. The minimum absolute atomic E-state index is 0.0349. The fraction of sp³-hybridized carbons (Fsp3) is 0.667. The Kier molecular flexibility index (Phi) is 5.67. The molecule has 0 saturated heterocycles. The third-order valence-electron chi connectivity index (χ3n) is 5.44. The van der Waals surface area contributed by atoms with Gasteiger partial charge in [-0.15, -0.1) is 0 Å². The van der Waals surface area contributed by atoms with Gasteiger partial charge >= 0.3 is 0 Å².